The first-order valence-electron chi connectivity index (χ1n) is 8.88. The first-order valence-corrected chi connectivity index (χ1v) is 9.68. The van der Waals surface area contributed by atoms with Crippen molar-refractivity contribution < 1.29 is 19.2 Å². The number of nitriles is 1. The van der Waals surface area contributed by atoms with Crippen LogP contribution in [-0.2, 0) is 0 Å². The van der Waals surface area contributed by atoms with Crippen LogP contribution in [0, 0.1) is 21.4 Å². The van der Waals surface area contributed by atoms with Gasteiger partial charge in [0.2, 0.25) is 5.82 Å². The maximum absolute atomic E-state index is 12.2. The number of aromatic nitrogens is 2. The van der Waals surface area contributed by atoms with E-state index < -0.39 is 22.3 Å². The minimum absolute atomic E-state index is 0.106. The van der Waals surface area contributed by atoms with Crippen LogP contribution in [0.25, 0.3) is 0 Å². The van der Waals surface area contributed by atoms with Gasteiger partial charge in [0.05, 0.1) is 21.0 Å². The average Bonchev–Trinajstić information content (AvgIpc) is 2.74. The molecule has 0 bridgehead atoms. The van der Waals surface area contributed by atoms with E-state index >= 15 is 0 Å². The Morgan fingerprint density at radius 2 is 1.97 bits per heavy atom. The highest BCUT2D eigenvalue weighted by Gasteiger charge is 2.27. The summed E-state index contributed by atoms with van der Waals surface area (Å²) in [7, 11) is 3.22. The fourth-order valence-electron chi connectivity index (χ4n) is 2.53. The van der Waals surface area contributed by atoms with Gasteiger partial charge in [-0.3, -0.25) is 14.9 Å². The summed E-state index contributed by atoms with van der Waals surface area (Å²) >= 11 is 3.26. The summed E-state index contributed by atoms with van der Waals surface area (Å²) < 4.78 is 11.6. The molecule has 3 rings (SSSR count). The van der Waals surface area contributed by atoms with E-state index in [1.54, 1.807) is 38.4 Å². The van der Waals surface area contributed by atoms with Gasteiger partial charge in [0, 0.05) is 19.7 Å². The minimum Gasteiger partial charge on any atom is -0.432 e. The first kappa shape index (κ1) is 22.4. The number of carbonyl (C=O) groups is 1. The van der Waals surface area contributed by atoms with E-state index in [2.05, 4.69) is 25.9 Å². The Labute approximate surface area is 190 Å². The van der Waals surface area contributed by atoms with Gasteiger partial charge in [0.25, 0.3) is 5.91 Å². The van der Waals surface area contributed by atoms with E-state index in [0.717, 1.165) is 0 Å². The average molecular weight is 499 g/mol. The summed E-state index contributed by atoms with van der Waals surface area (Å²) in [5, 5.41) is 20.6. The molecular formula is C20H15BrN6O5. The van der Waals surface area contributed by atoms with Crippen molar-refractivity contribution in [1.82, 2.24) is 14.9 Å². The van der Waals surface area contributed by atoms with Crippen LogP contribution in [-0.4, -0.2) is 39.8 Å². The molecule has 0 aliphatic rings. The lowest BCUT2D eigenvalue weighted by molar-refractivity contribution is -0.385. The largest absolute Gasteiger partial charge is 0.432 e. The zero-order chi connectivity index (χ0) is 23.4. The van der Waals surface area contributed by atoms with Crippen LogP contribution in [0.3, 0.4) is 0 Å². The van der Waals surface area contributed by atoms with Gasteiger partial charge in [-0.15, -0.1) is 0 Å². The van der Waals surface area contributed by atoms with Crippen LogP contribution in [0.5, 0.6) is 23.4 Å². The predicted octanol–water partition coefficient (Wildman–Crippen LogP) is 3.89. The normalized spacial score (nSPS) is 10.2. The SMILES string of the molecule is CN(C)C(=O)c1cccc(Oc2nc(N)c([N+](=O)[O-])c(Oc3cc(C#N)ccc3Br)n2)c1. The van der Waals surface area contributed by atoms with Crippen LogP contribution in [0.15, 0.2) is 46.9 Å². The van der Waals surface area contributed by atoms with Gasteiger partial charge < -0.3 is 20.1 Å². The molecule has 0 fully saturated rings. The van der Waals surface area contributed by atoms with Crippen molar-refractivity contribution >= 4 is 33.3 Å². The molecule has 2 N–H and O–H groups in total. The first-order chi connectivity index (χ1) is 15.2. The molecule has 3 aromatic rings. The second-order valence-corrected chi connectivity index (χ2v) is 7.35. The fourth-order valence-corrected chi connectivity index (χ4v) is 2.86. The molecular weight excluding hydrogens is 484 g/mol. The molecule has 0 saturated carbocycles. The zero-order valence-electron chi connectivity index (χ0n) is 16.8. The van der Waals surface area contributed by atoms with E-state index in [1.807, 2.05) is 6.07 Å². The molecule has 0 saturated heterocycles. The van der Waals surface area contributed by atoms with Crippen molar-refractivity contribution in [3.63, 3.8) is 0 Å². The third kappa shape index (κ3) is 4.90. The highest BCUT2D eigenvalue weighted by atomic mass is 79.9. The molecule has 0 spiro atoms. The molecule has 0 aliphatic heterocycles. The maximum atomic E-state index is 12.2. The van der Waals surface area contributed by atoms with Crippen molar-refractivity contribution in [2.75, 3.05) is 19.8 Å². The number of hydrogen-bond donors (Lipinski definition) is 1. The molecule has 0 atom stereocenters. The highest BCUT2D eigenvalue weighted by molar-refractivity contribution is 9.10. The van der Waals surface area contributed by atoms with Gasteiger partial charge in [-0.25, -0.2) is 0 Å². The standard InChI is InChI=1S/C20H15BrN6O5/c1-26(2)19(28)12-4-3-5-13(9-12)31-20-24-17(23)16(27(29)30)18(25-20)32-15-8-11(10-22)6-7-14(15)21/h3-9H,1-2H3,(H2,23,24,25). The van der Waals surface area contributed by atoms with Crippen LogP contribution in [0.2, 0.25) is 0 Å². The number of carbonyl (C=O) groups excluding carboxylic acids is 1. The summed E-state index contributed by atoms with van der Waals surface area (Å²) in [6.07, 6.45) is 0. The number of ether oxygens (including phenoxy) is 2. The topological polar surface area (TPSA) is 158 Å². The van der Waals surface area contributed by atoms with Crippen molar-refractivity contribution in [2.24, 2.45) is 0 Å². The number of benzene rings is 2. The van der Waals surface area contributed by atoms with Crippen molar-refractivity contribution in [3.8, 4) is 29.5 Å². The third-order valence-electron chi connectivity index (χ3n) is 4.00. The molecule has 11 nitrogen and oxygen atoms in total. The number of nitrogens with zero attached hydrogens (tertiary/aromatic N) is 5. The maximum Gasteiger partial charge on any atom is 0.373 e. The van der Waals surface area contributed by atoms with E-state index in [9.17, 15) is 14.9 Å². The van der Waals surface area contributed by atoms with Crippen LogP contribution in [0.1, 0.15) is 15.9 Å². The smallest absolute Gasteiger partial charge is 0.373 e. The van der Waals surface area contributed by atoms with E-state index in [1.165, 1.54) is 23.1 Å². The van der Waals surface area contributed by atoms with Crippen LogP contribution >= 0.6 is 15.9 Å². The number of nitro groups is 1. The van der Waals surface area contributed by atoms with Crippen molar-refractivity contribution in [1.29, 1.82) is 5.26 Å². The summed E-state index contributed by atoms with van der Waals surface area (Å²) in [6, 6.07) is 12.3. The van der Waals surface area contributed by atoms with Crippen LogP contribution < -0.4 is 15.2 Å². The van der Waals surface area contributed by atoms with Gasteiger partial charge in [-0.2, -0.15) is 15.2 Å². The molecule has 0 aliphatic carbocycles. The second-order valence-electron chi connectivity index (χ2n) is 6.49. The number of nitrogens with two attached hydrogens (primary N) is 1. The van der Waals surface area contributed by atoms with Gasteiger partial charge in [-0.1, -0.05) is 6.07 Å². The van der Waals surface area contributed by atoms with Crippen molar-refractivity contribution in [3.05, 3.63) is 68.2 Å². The van der Waals surface area contributed by atoms with Crippen LogP contribution in [0.4, 0.5) is 11.5 Å². The summed E-state index contributed by atoms with van der Waals surface area (Å²) in [5.41, 5.74) is 5.73. The molecule has 0 radical (unpaired) electrons. The molecule has 1 heterocycles. The Kier molecular flexibility index (Phi) is 6.50. The number of anilines is 1. The summed E-state index contributed by atoms with van der Waals surface area (Å²) in [5.74, 6) is -0.887. The van der Waals surface area contributed by atoms with Crippen molar-refractivity contribution in [2.45, 2.75) is 0 Å². The van der Waals surface area contributed by atoms with Gasteiger partial charge in [-0.05, 0) is 52.3 Å². The third-order valence-corrected chi connectivity index (χ3v) is 4.66. The lowest BCUT2D eigenvalue weighted by Crippen LogP contribution is -2.21. The second kappa shape index (κ2) is 9.27. The Balaban J connectivity index is 2.01. The summed E-state index contributed by atoms with van der Waals surface area (Å²) in [6.45, 7) is 0. The Bertz CT molecular complexity index is 1260. The molecule has 2 aromatic carbocycles. The Morgan fingerprint density at radius 1 is 1.22 bits per heavy atom. The quantitative estimate of drug-likeness (QED) is 0.392. The van der Waals surface area contributed by atoms with Gasteiger partial charge >= 0.3 is 17.6 Å². The molecule has 162 valence electrons. The van der Waals surface area contributed by atoms with Gasteiger partial charge in [0.1, 0.15) is 11.5 Å². The number of amides is 1. The monoisotopic (exact) mass is 498 g/mol. The number of nitrogen functional groups attached to an aromatic ring is 1. The van der Waals surface area contributed by atoms with Gasteiger partial charge in [0.15, 0.2) is 0 Å². The fraction of sp³-hybridized carbons (Fsp3) is 0.100. The number of halogens is 1. The molecule has 0 unspecified atom stereocenters. The highest BCUT2D eigenvalue weighted by Crippen LogP contribution is 2.38. The summed E-state index contributed by atoms with van der Waals surface area (Å²) in [4.78, 5) is 32.1. The van der Waals surface area contributed by atoms with E-state index in [0.29, 0.717) is 10.0 Å². The molecule has 32 heavy (non-hydrogen) atoms. The van der Waals surface area contributed by atoms with E-state index in [-0.39, 0.29) is 29.0 Å². The number of rotatable bonds is 6. The Hall–Kier alpha value is -4.24. The lowest BCUT2D eigenvalue weighted by Gasteiger charge is -2.12. The predicted molar refractivity (Wildman–Crippen MR) is 117 cm³/mol. The lowest BCUT2D eigenvalue weighted by atomic mass is 10.2. The number of hydrogen-bond acceptors (Lipinski definition) is 9. The molecule has 1 amide bonds. The minimum atomic E-state index is -0.785. The molecule has 1 aromatic heterocycles. The zero-order valence-corrected chi connectivity index (χ0v) is 18.4. The molecule has 12 heteroatoms. The Morgan fingerprint density at radius 3 is 2.62 bits per heavy atom. The van der Waals surface area contributed by atoms with E-state index in [4.69, 9.17) is 20.5 Å².